The number of carbonyl (C=O) groups is 2. The van der Waals surface area contributed by atoms with Crippen LogP contribution in [0.5, 0.6) is 0 Å². The summed E-state index contributed by atoms with van der Waals surface area (Å²) in [5.74, 6) is -0.705. The van der Waals surface area contributed by atoms with Crippen molar-refractivity contribution in [1.29, 1.82) is 10.7 Å². The van der Waals surface area contributed by atoms with Crippen molar-refractivity contribution in [1.82, 2.24) is 0 Å². The summed E-state index contributed by atoms with van der Waals surface area (Å²) in [6, 6.07) is 1.68. The molecular formula is C8H13N3O4. The monoisotopic (exact) mass is 215 g/mol. The molecule has 0 saturated carbocycles. The average molecular weight is 215 g/mol. The molecule has 0 spiro atoms. The average Bonchev–Trinajstić information content (AvgIpc) is 2.19. The van der Waals surface area contributed by atoms with Crippen LogP contribution in [0.2, 0.25) is 0 Å². The quantitative estimate of drug-likeness (QED) is 0.513. The first-order valence-corrected chi connectivity index (χ1v) is 3.94. The van der Waals surface area contributed by atoms with E-state index < -0.39 is 12.1 Å². The minimum absolute atomic E-state index is 0.182. The van der Waals surface area contributed by atoms with E-state index >= 15 is 0 Å². The third-order valence-electron chi connectivity index (χ3n) is 0.979. The summed E-state index contributed by atoms with van der Waals surface area (Å²) >= 11 is 0. The molecule has 0 atom stereocenters. The van der Waals surface area contributed by atoms with Gasteiger partial charge in [0.15, 0.2) is 0 Å². The largest absolute Gasteiger partial charge is 0.461 e. The van der Waals surface area contributed by atoms with Gasteiger partial charge in [-0.25, -0.2) is 9.59 Å². The number of rotatable bonds is 3. The third-order valence-corrected chi connectivity index (χ3v) is 0.979. The summed E-state index contributed by atoms with van der Waals surface area (Å²) in [6.45, 7) is 1.89. The van der Waals surface area contributed by atoms with Crippen LogP contribution in [-0.4, -0.2) is 31.5 Å². The van der Waals surface area contributed by atoms with E-state index in [4.69, 9.17) is 10.7 Å². The minimum Gasteiger partial charge on any atom is -0.461 e. The Kier molecular flexibility index (Phi) is 10.2. The number of nitriles is 1. The zero-order valence-electron chi connectivity index (χ0n) is 8.57. The molecule has 84 valence electrons. The van der Waals surface area contributed by atoms with Crippen LogP contribution in [0.15, 0.2) is 0 Å². The maximum Gasteiger partial charge on any atom is 0.404 e. The molecule has 0 aromatic heterocycles. The number of nitrogens with two attached hydrogens (primary N) is 1. The van der Waals surface area contributed by atoms with Gasteiger partial charge in [-0.1, -0.05) is 0 Å². The van der Waals surface area contributed by atoms with Crippen LogP contribution < -0.4 is 5.73 Å². The fourth-order valence-electron chi connectivity index (χ4n) is 0.369. The number of nitrogens with zero attached hydrogens (tertiary/aromatic N) is 1. The molecule has 0 aromatic carbocycles. The highest BCUT2D eigenvalue weighted by Gasteiger charge is 2.07. The number of primary amides is 1. The maximum atomic E-state index is 10.5. The van der Waals surface area contributed by atoms with Crippen molar-refractivity contribution in [3.63, 3.8) is 0 Å². The Morgan fingerprint density at radius 1 is 1.53 bits per heavy atom. The molecule has 15 heavy (non-hydrogen) atoms. The molecule has 1 amide bonds. The smallest absolute Gasteiger partial charge is 0.404 e. The zero-order chi connectivity index (χ0) is 12.3. The summed E-state index contributed by atoms with van der Waals surface area (Å²) in [4.78, 5) is 19.9. The van der Waals surface area contributed by atoms with Crippen LogP contribution in [0.4, 0.5) is 4.79 Å². The van der Waals surface area contributed by atoms with Crippen molar-refractivity contribution in [2.24, 2.45) is 5.73 Å². The molecule has 0 fully saturated rings. The van der Waals surface area contributed by atoms with Crippen molar-refractivity contribution < 1.29 is 19.1 Å². The van der Waals surface area contributed by atoms with Crippen LogP contribution in [0.25, 0.3) is 0 Å². The Morgan fingerprint density at radius 3 is 2.27 bits per heavy atom. The number of ether oxygens (including phenoxy) is 2. The molecule has 0 aliphatic rings. The van der Waals surface area contributed by atoms with Gasteiger partial charge < -0.3 is 15.2 Å². The SMILES string of the molecule is CCOC(=O)C(=N)CC#N.COC(N)=O. The number of hydrogen-bond acceptors (Lipinski definition) is 6. The topological polar surface area (TPSA) is 126 Å². The first kappa shape index (κ1) is 15.4. The van der Waals surface area contributed by atoms with Gasteiger partial charge in [0.2, 0.25) is 0 Å². The second-order valence-corrected chi connectivity index (χ2v) is 2.06. The Morgan fingerprint density at radius 2 is 2.00 bits per heavy atom. The molecule has 0 bridgehead atoms. The van der Waals surface area contributed by atoms with Crippen molar-refractivity contribution >= 4 is 17.8 Å². The molecule has 0 aliphatic heterocycles. The lowest BCUT2D eigenvalue weighted by molar-refractivity contribution is -0.135. The summed E-state index contributed by atoms with van der Waals surface area (Å²) < 4.78 is 8.33. The fraction of sp³-hybridized carbons (Fsp3) is 0.500. The molecule has 0 heterocycles. The Balaban J connectivity index is 0. The fourth-order valence-corrected chi connectivity index (χ4v) is 0.369. The van der Waals surface area contributed by atoms with Gasteiger partial charge in [0.05, 0.1) is 26.2 Å². The van der Waals surface area contributed by atoms with Crippen LogP contribution in [0, 0.1) is 16.7 Å². The zero-order valence-corrected chi connectivity index (χ0v) is 8.57. The third kappa shape index (κ3) is 11.9. The van der Waals surface area contributed by atoms with Gasteiger partial charge in [0.1, 0.15) is 5.71 Å². The molecular weight excluding hydrogens is 202 g/mol. The Hall–Kier alpha value is -2.10. The van der Waals surface area contributed by atoms with Crippen molar-refractivity contribution in [2.75, 3.05) is 13.7 Å². The van der Waals surface area contributed by atoms with E-state index in [1.165, 1.54) is 7.11 Å². The number of nitrogens with one attached hydrogen (secondary N) is 1. The molecule has 0 rings (SSSR count). The second-order valence-electron chi connectivity index (χ2n) is 2.06. The molecule has 0 aliphatic carbocycles. The molecule has 7 heteroatoms. The number of esters is 1. The van der Waals surface area contributed by atoms with E-state index in [0.717, 1.165) is 0 Å². The maximum absolute atomic E-state index is 10.5. The van der Waals surface area contributed by atoms with Crippen molar-refractivity contribution in [3.05, 3.63) is 0 Å². The summed E-state index contributed by atoms with van der Waals surface area (Å²) in [5.41, 5.74) is 4.14. The van der Waals surface area contributed by atoms with E-state index in [1.807, 2.05) is 0 Å². The molecule has 3 N–H and O–H groups in total. The van der Waals surface area contributed by atoms with E-state index in [2.05, 4.69) is 15.2 Å². The number of amides is 1. The predicted molar refractivity (Wildman–Crippen MR) is 51.2 cm³/mol. The van der Waals surface area contributed by atoms with Gasteiger partial charge in [-0.2, -0.15) is 5.26 Å². The molecule has 0 unspecified atom stereocenters. The molecule has 0 aromatic rings. The van der Waals surface area contributed by atoms with Gasteiger partial charge in [-0.3, -0.25) is 5.41 Å². The predicted octanol–water partition coefficient (Wildman–Crippen LogP) is 0.194. The van der Waals surface area contributed by atoms with E-state index in [-0.39, 0.29) is 18.7 Å². The minimum atomic E-state index is -0.745. The highest BCUT2D eigenvalue weighted by Crippen LogP contribution is 1.85. The highest BCUT2D eigenvalue weighted by molar-refractivity contribution is 6.35. The van der Waals surface area contributed by atoms with E-state index in [0.29, 0.717) is 0 Å². The lowest BCUT2D eigenvalue weighted by atomic mass is 10.3. The van der Waals surface area contributed by atoms with Crippen LogP contribution in [-0.2, 0) is 14.3 Å². The first-order chi connectivity index (χ1) is 6.99. The molecule has 0 saturated heterocycles. The Labute approximate surface area is 87.3 Å². The van der Waals surface area contributed by atoms with E-state index in [9.17, 15) is 9.59 Å². The van der Waals surface area contributed by atoms with Gasteiger partial charge in [-0.15, -0.1) is 0 Å². The summed E-state index contributed by atoms with van der Waals surface area (Å²) in [7, 11) is 1.22. The highest BCUT2D eigenvalue weighted by atomic mass is 16.5. The summed E-state index contributed by atoms with van der Waals surface area (Å²) in [5, 5.41) is 15.0. The number of methoxy groups -OCH3 is 1. The van der Waals surface area contributed by atoms with Gasteiger partial charge in [-0.05, 0) is 6.92 Å². The normalized spacial score (nSPS) is 7.53. The number of carbonyl (C=O) groups excluding carboxylic acids is 2. The van der Waals surface area contributed by atoms with Crippen molar-refractivity contribution in [3.8, 4) is 6.07 Å². The lowest BCUT2D eigenvalue weighted by Crippen LogP contribution is -2.15. The van der Waals surface area contributed by atoms with Gasteiger partial charge in [0.25, 0.3) is 0 Å². The first-order valence-electron chi connectivity index (χ1n) is 3.94. The molecule has 7 nitrogen and oxygen atoms in total. The Bertz CT molecular complexity index is 270. The number of hydrogen-bond donors (Lipinski definition) is 2. The van der Waals surface area contributed by atoms with Gasteiger partial charge in [0, 0.05) is 0 Å². The lowest BCUT2D eigenvalue weighted by Gasteiger charge is -1.97. The standard InChI is InChI=1S/C6H8N2O2.C2H5NO2/c1-2-10-6(9)5(8)3-4-7;1-5-2(3)4/h8H,2-3H2,1H3;1H3,(H2,3,4). The summed E-state index contributed by atoms with van der Waals surface area (Å²) in [6.07, 6.45) is -0.927. The molecule has 0 radical (unpaired) electrons. The van der Waals surface area contributed by atoms with Crippen LogP contribution in [0.3, 0.4) is 0 Å². The van der Waals surface area contributed by atoms with Crippen LogP contribution in [0.1, 0.15) is 13.3 Å². The second kappa shape index (κ2) is 9.98. The van der Waals surface area contributed by atoms with E-state index in [1.54, 1.807) is 13.0 Å². The van der Waals surface area contributed by atoms with Gasteiger partial charge >= 0.3 is 12.1 Å². The van der Waals surface area contributed by atoms with Crippen molar-refractivity contribution in [2.45, 2.75) is 13.3 Å². The van der Waals surface area contributed by atoms with Crippen LogP contribution >= 0.6 is 0 Å².